The number of aromatic nitrogens is 1. The summed E-state index contributed by atoms with van der Waals surface area (Å²) >= 11 is 0. The van der Waals surface area contributed by atoms with Crippen LogP contribution in [0, 0.1) is 5.41 Å². The maximum atomic E-state index is 7.70. The van der Waals surface area contributed by atoms with Gasteiger partial charge in [-0.05, 0) is 12.1 Å². The molecule has 2 aromatic heterocycles. The van der Waals surface area contributed by atoms with Crippen molar-refractivity contribution in [1.82, 2.24) is 4.98 Å². The van der Waals surface area contributed by atoms with E-state index in [1.54, 1.807) is 10.8 Å². The molecule has 0 amide bonds. The first-order valence-electron chi connectivity index (χ1n) is 6.77. The van der Waals surface area contributed by atoms with Gasteiger partial charge in [-0.25, -0.2) is 4.98 Å². The number of nitrogens with zero attached hydrogens (tertiary/aromatic N) is 1. The average Bonchev–Trinajstić information content (AvgIpc) is 3.00. The number of nitrogen functional groups attached to an aromatic ring is 1. The van der Waals surface area contributed by atoms with Gasteiger partial charge >= 0.3 is 0 Å². The summed E-state index contributed by atoms with van der Waals surface area (Å²) in [5.74, 6) is 0.142. The number of amidine groups is 1. The smallest absolute Gasteiger partial charge is 0.228 e. The zero-order chi connectivity index (χ0) is 15.5. The third kappa shape index (κ3) is 2.91. The number of benzene rings is 1. The van der Waals surface area contributed by atoms with E-state index in [-0.39, 0.29) is 15.3 Å². The summed E-state index contributed by atoms with van der Waals surface area (Å²) in [4.78, 5) is 5.64. The monoisotopic (exact) mass is 326 g/mol. The third-order valence-corrected chi connectivity index (χ3v) is 6.80. The highest BCUT2D eigenvalue weighted by molar-refractivity contribution is 8.45. The van der Waals surface area contributed by atoms with Crippen LogP contribution in [0.4, 0.5) is 0 Å². The minimum Gasteiger partial charge on any atom is -0.380 e. The van der Waals surface area contributed by atoms with Crippen LogP contribution in [-0.2, 0) is 0 Å². The van der Waals surface area contributed by atoms with Gasteiger partial charge in [0.1, 0.15) is 10.8 Å². The maximum absolute atomic E-state index is 7.70. The van der Waals surface area contributed by atoms with Gasteiger partial charge in [0, 0.05) is 17.9 Å². The van der Waals surface area contributed by atoms with Crippen LogP contribution in [0.3, 0.4) is 0 Å². The van der Waals surface area contributed by atoms with Gasteiger partial charge in [-0.15, -0.1) is 0 Å². The summed E-state index contributed by atoms with van der Waals surface area (Å²) < 4.78 is 0. The molecule has 3 nitrogen and oxygen atoms in total. The highest BCUT2D eigenvalue weighted by Gasteiger charge is 2.21. The Morgan fingerprint density at radius 2 is 1.73 bits per heavy atom. The minimum atomic E-state index is -0.158. The number of nitrogens with one attached hydrogen (secondary N) is 1. The quantitative estimate of drug-likeness (QED) is 0.319. The Hall–Kier alpha value is -2.11. The number of nitrogens with two attached hydrogens (primary N) is 1. The van der Waals surface area contributed by atoms with Crippen molar-refractivity contribution in [3.63, 3.8) is 0 Å². The van der Waals surface area contributed by atoms with Crippen molar-refractivity contribution in [2.45, 2.75) is 0 Å². The Morgan fingerprint density at radius 3 is 2.32 bits per heavy atom. The first-order chi connectivity index (χ1) is 10.7. The first-order valence-corrected chi connectivity index (χ1v) is 9.80. The van der Waals surface area contributed by atoms with E-state index >= 15 is 0 Å². The van der Waals surface area contributed by atoms with Crippen molar-refractivity contribution in [3.8, 4) is 22.5 Å². The Kier molecular flexibility index (Phi) is 4.27. The fourth-order valence-corrected chi connectivity index (χ4v) is 5.07. The summed E-state index contributed by atoms with van der Waals surface area (Å²) in [6.07, 6.45) is 2.03. The lowest BCUT2D eigenvalue weighted by Crippen LogP contribution is -2.09. The number of hydrogen-bond acceptors (Lipinski definition) is 3. The van der Waals surface area contributed by atoms with Crippen LogP contribution in [0.1, 0.15) is 4.88 Å². The van der Waals surface area contributed by atoms with Gasteiger partial charge in [0.05, 0.1) is 26.5 Å². The van der Waals surface area contributed by atoms with E-state index in [2.05, 4.69) is 17.5 Å². The van der Waals surface area contributed by atoms with Gasteiger partial charge in [-0.1, -0.05) is 36.4 Å². The molecule has 110 valence electrons. The molecule has 0 spiro atoms. The predicted molar refractivity (Wildman–Crippen MR) is 97.5 cm³/mol. The van der Waals surface area contributed by atoms with Gasteiger partial charge in [0.25, 0.3) is 0 Å². The Morgan fingerprint density at radius 1 is 1.05 bits per heavy atom. The van der Waals surface area contributed by atoms with Gasteiger partial charge in [-0.3, -0.25) is 5.41 Å². The molecule has 2 heterocycles. The molecule has 1 unspecified atom stereocenters. The Bertz CT molecular complexity index is 810. The van der Waals surface area contributed by atoms with Crippen LogP contribution >= 0.6 is 20.3 Å². The van der Waals surface area contributed by atoms with Crippen molar-refractivity contribution in [2.75, 3.05) is 6.26 Å². The molecule has 3 rings (SSSR count). The molecule has 0 bridgehead atoms. The van der Waals surface area contributed by atoms with Gasteiger partial charge in [0.15, 0.2) is 11.2 Å². The average molecular weight is 326 g/mol. The molecule has 1 aromatic carbocycles. The van der Waals surface area contributed by atoms with E-state index in [1.165, 1.54) is 0 Å². The Balaban J connectivity index is 2.05. The van der Waals surface area contributed by atoms with Crippen LogP contribution in [0.2, 0.25) is 0 Å². The van der Waals surface area contributed by atoms with E-state index in [1.807, 2.05) is 48.7 Å². The van der Waals surface area contributed by atoms with Crippen molar-refractivity contribution < 1.29 is 0 Å². The van der Waals surface area contributed by atoms with E-state index in [0.717, 1.165) is 27.4 Å². The van der Waals surface area contributed by atoms with E-state index < -0.39 is 0 Å². The molecule has 3 N–H and O–H groups in total. The highest BCUT2D eigenvalue weighted by Crippen LogP contribution is 2.40. The zero-order valence-corrected chi connectivity index (χ0v) is 13.7. The molecular formula is C17H16N3S2+. The second kappa shape index (κ2) is 6.34. The lowest BCUT2D eigenvalue weighted by Gasteiger charge is -2.02. The summed E-state index contributed by atoms with van der Waals surface area (Å²) in [6, 6.07) is 18.1. The second-order valence-corrected chi connectivity index (χ2v) is 8.41. The molecule has 0 aliphatic heterocycles. The topological polar surface area (TPSA) is 62.8 Å². The maximum Gasteiger partial charge on any atom is 0.228 e. The van der Waals surface area contributed by atoms with E-state index in [9.17, 15) is 0 Å². The first kappa shape index (κ1) is 14.8. The zero-order valence-electron chi connectivity index (χ0n) is 12.1. The SMILES string of the molecule is CS[s+]1cc(-c2cccc(-c3ccccc3)n2)cc1C(=N)N. The van der Waals surface area contributed by atoms with Crippen molar-refractivity contribution in [2.24, 2.45) is 5.73 Å². The largest absolute Gasteiger partial charge is 0.380 e. The van der Waals surface area contributed by atoms with Crippen molar-refractivity contribution in [3.05, 3.63) is 64.9 Å². The molecular weight excluding hydrogens is 310 g/mol. The molecule has 3 aromatic rings. The predicted octanol–water partition coefficient (Wildman–Crippen LogP) is 4.57. The number of pyridine rings is 1. The second-order valence-electron chi connectivity index (χ2n) is 4.73. The summed E-state index contributed by atoms with van der Waals surface area (Å²) in [5.41, 5.74) is 9.69. The van der Waals surface area contributed by atoms with E-state index in [0.29, 0.717) is 0 Å². The molecule has 0 radical (unpaired) electrons. The summed E-state index contributed by atoms with van der Waals surface area (Å²) in [6.45, 7) is 0. The van der Waals surface area contributed by atoms with Crippen molar-refractivity contribution >= 4 is 26.1 Å². The van der Waals surface area contributed by atoms with Crippen LogP contribution in [0.25, 0.3) is 22.5 Å². The summed E-state index contributed by atoms with van der Waals surface area (Å²) in [5, 5.41) is 9.86. The van der Waals surface area contributed by atoms with Gasteiger partial charge in [0.2, 0.25) is 4.88 Å². The molecule has 22 heavy (non-hydrogen) atoms. The van der Waals surface area contributed by atoms with Crippen LogP contribution in [0.15, 0.2) is 60.0 Å². The fourth-order valence-electron chi connectivity index (χ4n) is 2.24. The number of thiophene rings is 1. The van der Waals surface area contributed by atoms with Crippen LogP contribution < -0.4 is 5.73 Å². The normalized spacial score (nSPS) is 11.4. The van der Waals surface area contributed by atoms with Crippen molar-refractivity contribution in [1.29, 1.82) is 5.41 Å². The Labute approximate surface area is 136 Å². The lowest BCUT2D eigenvalue weighted by molar-refractivity contribution is 1.33. The molecule has 0 saturated carbocycles. The van der Waals surface area contributed by atoms with Crippen LogP contribution in [-0.4, -0.2) is 17.1 Å². The fraction of sp³-hybridized carbons (Fsp3) is 0.0588. The number of hydrogen-bond donors (Lipinski definition) is 2. The van der Waals surface area contributed by atoms with E-state index in [4.69, 9.17) is 16.1 Å². The highest BCUT2D eigenvalue weighted by atomic mass is 33.1. The molecule has 0 aliphatic rings. The van der Waals surface area contributed by atoms with Gasteiger partial charge in [-0.2, -0.15) is 0 Å². The molecule has 0 aliphatic carbocycles. The molecule has 0 saturated heterocycles. The van der Waals surface area contributed by atoms with Gasteiger partial charge < -0.3 is 5.73 Å². The molecule has 1 atom stereocenters. The summed E-state index contributed by atoms with van der Waals surface area (Å²) in [7, 11) is 1.54. The third-order valence-electron chi connectivity index (χ3n) is 3.30. The minimum absolute atomic E-state index is 0.142. The standard InChI is InChI=1S/C17H16N3S2/c1-21-22-11-13(10-16(22)17(18)19)15-9-5-8-14(20-15)12-6-3-2-4-7-12/h2-11H,1H3,(H3,18,19)/q+1. The van der Waals surface area contributed by atoms with Crippen LogP contribution in [0.5, 0.6) is 0 Å². The lowest BCUT2D eigenvalue weighted by atomic mass is 10.1. The number of rotatable bonds is 4. The molecule has 0 fully saturated rings. The molecule has 5 heteroatoms.